The smallest absolute Gasteiger partial charge is 0.261 e. The molecule has 5 heteroatoms. The van der Waals surface area contributed by atoms with Crippen molar-refractivity contribution in [2.75, 3.05) is 13.2 Å². The number of aromatic nitrogens is 1. The van der Waals surface area contributed by atoms with Gasteiger partial charge in [0.1, 0.15) is 11.6 Å². The molecular weight excluding hydrogens is 331 g/mol. The molecule has 0 aliphatic carbocycles. The first-order valence-corrected chi connectivity index (χ1v) is 8.60. The summed E-state index contributed by atoms with van der Waals surface area (Å²) in [4.78, 5) is 14.6. The lowest BCUT2D eigenvalue weighted by molar-refractivity contribution is -0.136. The fourth-order valence-corrected chi connectivity index (χ4v) is 3.42. The molecule has 1 aliphatic heterocycles. The van der Waals surface area contributed by atoms with Crippen LogP contribution in [0.2, 0.25) is 0 Å². The lowest BCUT2D eigenvalue weighted by Crippen LogP contribution is -2.44. The van der Waals surface area contributed by atoms with E-state index in [2.05, 4.69) is 4.57 Å². The first kappa shape index (κ1) is 16.4. The van der Waals surface area contributed by atoms with E-state index < -0.39 is 0 Å². The lowest BCUT2D eigenvalue weighted by Gasteiger charge is -2.37. The summed E-state index contributed by atoms with van der Waals surface area (Å²) in [5.74, 6) is 0.234. The van der Waals surface area contributed by atoms with Crippen molar-refractivity contribution < 1.29 is 13.9 Å². The maximum atomic E-state index is 13.8. The van der Waals surface area contributed by atoms with Crippen LogP contribution in [0.4, 0.5) is 4.39 Å². The number of ether oxygens (including phenoxy) is 1. The van der Waals surface area contributed by atoms with E-state index in [0.29, 0.717) is 18.8 Å². The molecule has 1 atom stereocenters. The van der Waals surface area contributed by atoms with Crippen molar-refractivity contribution in [3.8, 4) is 5.75 Å². The van der Waals surface area contributed by atoms with Crippen LogP contribution in [0.3, 0.4) is 0 Å². The van der Waals surface area contributed by atoms with Gasteiger partial charge in [0.2, 0.25) is 0 Å². The molecule has 0 saturated carbocycles. The summed E-state index contributed by atoms with van der Waals surface area (Å²) in [6.07, 6.45) is 1.99. The van der Waals surface area contributed by atoms with E-state index >= 15 is 0 Å². The molecule has 132 valence electrons. The lowest BCUT2D eigenvalue weighted by atomic mass is 9.99. The van der Waals surface area contributed by atoms with Gasteiger partial charge in [0.25, 0.3) is 5.91 Å². The Morgan fingerprint density at radius 2 is 1.88 bits per heavy atom. The second-order valence-electron chi connectivity index (χ2n) is 6.27. The summed E-state index contributed by atoms with van der Waals surface area (Å²) in [5.41, 5.74) is 1.74. The Bertz CT molecular complexity index is 907. The van der Waals surface area contributed by atoms with E-state index in [4.69, 9.17) is 4.74 Å². The Kier molecular flexibility index (Phi) is 4.44. The second kappa shape index (κ2) is 7.04. The molecule has 4 rings (SSSR count). The van der Waals surface area contributed by atoms with Crippen molar-refractivity contribution in [1.29, 1.82) is 0 Å². The highest BCUT2D eigenvalue weighted by Gasteiger charge is 2.32. The predicted octanol–water partition coefficient (Wildman–Crippen LogP) is 3.64. The summed E-state index contributed by atoms with van der Waals surface area (Å²) in [6, 6.07) is 19.3. The first-order valence-electron chi connectivity index (χ1n) is 8.60. The van der Waals surface area contributed by atoms with Gasteiger partial charge in [0, 0.05) is 25.0 Å². The zero-order valence-electron chi connectivity index (χ0n) is 14.2. The molecule has 1 aromatic heterocycles. The number of hydrogen-bond donors (Lipinski definition) is 0. The van der Waals surface area contributed by atoms with Gasteiger partial charge in [0.05, 0.1) is 6.04 Å². The van der Waals surface area contributed by atoms with Crippen LogP contribution < -0.4 is 4.74 Å². The summed E-state index contributed by atoms with van der Waals surface area (Å²) in [5, 5.41) is 0. The molecule has 3 aromatic rings. The van der Waals surface area contributed by atoms with Gasteiger partial charge < -0.3 is 14.2 Å². The van der Waals surface area contributed by atoms with Gasteiger partial charge >= 0.3 is 0 Å². The number of hydrogen-bond acceptors (Lipinski definition) is 2. The van der Waals surface area contributed by atoms with Crippen LogP contribution in [-0.4, -0.2) is 28.5 Å². The van der Waals surface area contributed by atoms with E-state index in [1.807, 2.05) is 54.7 Å². The normalized spacial score (nSPS) is 16.2. The molecule has 0 saturated heterocycles. The minimum Gasteiger partial charge on any atom is -0.484 e. The average molecular weight is 350 g/mol. The third kappa shape index (κ3) is 3.20. The van der Waals surface area contributed by atoms with E-state index in [9.17, 15) is 9.18 Å². The fraction of sp³-hybridized carbons (Fsp3) is 0.190. The van der Waals surface area contributed by atoms with Crippen molar-refractivity contribution >= 4 is 5.91 Å². The van der Waals surface area contributed by atoms with Gasteiger partial charge in [-0.2, -0.15) is 0 Å². The predicted molar refractivity (Wildman–Crippen MR) is 96.3 cm³/mol. The number of rotatable bonds is 4. The highest BCUT2D eigenvalue weighted by molar-refractivity contribution is 5.79. The highest BCUT2D eigenvalue weighted by atomic mass is 19.1. The Hall–Kier alpha value is -3.08. The topological polar surface area (TPSA) is 34.5 Å². The van der Waals surface area contributed by atoms with Gasteiger partial charge in [-0.15, -0.1) is 0 Å². The Balaban J connectivity index is 1.60. The quantitative estimate of drug-likeness (QED) is 0.720. The average Bonchev–Trinajstić information content (AvgIpc) is 3.15. The first-order chi connectivity index (χ1) is 12.7. The maximum Gasteiger partial charge on any atom is 0.261 e. The number of amides is 1. The van der Waals surface area contributed by atoms with Crippen molar-refractivity contribution in [3.63, 3.8) is 0 Å². The Morgan fingerprint density at radius 3 is 2.69 bits per heavy atom. The van der Waals surface area contributed by atoms with Crippen LogP contribution >= 0.6 is 0 Å². The Labute approximate surface area is 151 Å². The zero-order chi connectivity index (χ0) is 17.9. The van der Waals surface area contributed by atoms with Crippen LogP contribution in [0.15, 0.2) is 72.9 Å². The number of benzene rings is 2. The van der Waals surface area contributed by atoms with Gasteiger partial charge in [-0.1, -0.05) is 30.3 Å². The third-order valence-electron chi connectivity index (χ3n) is 4.63. The third-order valence-corrected chi connectivity index (χ3v) is 4.63. The molecule has 26 heavy (non-hydrogen) atoms. The van der Waals surface area contributed by atoms with E-state index in [0.717, 1.165) is 11.3 Å². The van der Waals surface area contributed by atoms with E-state index in [-0.39, 0.29) is 24.4 Å². The minimum atomic E-state index is -0.318. The molecule has 0 fully saturated rings. The Morgan fingerprint density at radius 1 is 1.04 bits per heavy atom. The number of nitrogens with zero attached hydrogens (tertiary/aromatic N) is 2. The van der Waals surface area contributed by atoms with E-state index in [1.165, 1.54) is 12.1 Å². The van der Waals surface area contributed by atoms with Crippen molar-refractivity contribution in [2.24, 2.45) is 0 Å². The van der Waals surface area contributed by atoms with E-state index in [1.54, 1.807) is 11.0 Å². The number of carbonyl (C=O) groups excluding carboxylic acids is 1. The molecule has 2 aromatic carbocycles. The van der Waals surface area contributed by atoms with Crippen LogP contribution in [0.1, 0.15) is 17.3 Å². The molecule has 1 aliphatic rings. The number of para-hydroxylation sites is 1. The standard InChI is InChI=1S/C21H19FN2O2/c22-17-7-4-6-16(14-17)21-19-10-5-11-23(19)12-13-24(21)20(25)15-26-18-8-2-1-3-9-18/h1-11,14,21H,12-13,15H2. The minimum absolute atomic E-state index is 0.0451. The SMILES string of the molecule is O=C(COc1ccccc1)N1CCn2cccc2C1c1cccc(F)c1. The molecule has 0 spiro atoms. The highest BCUT2D eigenvalue weighted by Crippen LogP contribution is 2.32. The summed E-state index contributed by atoms with van der Waals surface area (Å²) < 4.78 is 21.5. The van der Waals surface area contributed by atoms with Crippen LogP contribution in [0, 0.1) is 5.82 Å². The monoisotopic (exact) mass is 350 g/mol. The van der Waals surface area contributed by atoms with Gasteiger partial charge in [0.15, 0.2) is 6.61 Å². The molecule has 0 radical (unpaired) electrons. The largest absolute Gasteiger partial charge is 0.484 e. The van der Waals surface area contributed by atoms with Gasteiger partial charge in [-0.3, -0.25) is 4.79 Å². The fourth-order valence-electron chi connectivity index (χ4n) is 3.42. The molecule has 2 heterocycles. The molecule has 4 nitrogen and oxygen atoms in total. The van der Waals surface area contributed by atoms with Crippen molar-refractivity contribution in [2.45, 2.75) is 12.6 Å². The van der Waals surface area contributed by atoms with Crippen molar-refractivity contribution in [3.05, 3.63) is 90.0 Å². The molecule has 0 N–H and O–H groups in total. The summed E-state index contributed by atoms with van der Waals surface area (Å²) >= 11 is 0. The maximum absolute atomic E-state index is 13.8. The van der Waals surface area contributed by atoms with Gasteiger partial charge in [-0.25, -0.2) is 4.39 Å². The molecular formula is C21H19FN2O2. The molecule has 1 unspecified atom stereocenters. The molecule has 0 bridgehead atoms. The van der Waals surface area contributed by atoms with Crippen LogP contribution in [0.25, 0.3) is 0 Å². The van der Waals surface area contributed by atoms with Crippen LogP contribution in [-0.2, 0) is 11.3 Å². The second-order valence-corrected chi connectivity index (χ2v) is 6.27. The van der Waals surface area contributed by atoms with Crippen molar-refractivity contribution in [1.82, 2.24) is 9.47 Å². The zero-order valence-corrected chi connectivity index (χ0v) is 14.2. The molecule has 1 amide bonds. The number of halogens is 1. The van der Waals surface area contributed by atoms with Gasteiger partial charge in [-0.05, 0) is 42.0 Å². The number of fused-ring (bicyclic) bond motifs is 1. The summed E-state index contributed by atoms with van der Waals surface area (Å²) in [7, 11) is 0. The van der Waals surface area contributed by atoms with Crippen LogP contribution in [0.5, 0.6) is 5.75 Å². The number of carbonyl (C=O) groups is 1. The summed E-state index contributed by atoms with van der Waals surface area (Å²) in [6.45, 7) is 1.22.